The Balaban J connectivity index is 1.72. The number of pyridine rings is 1. The number of nitrogens with one attached hydrogen (secondary N) is 1. The molecule has 1 N–H and O–H groups in total. The zero-order valence-corrected chi connectivity index (χ0v) is 21.0. The largest absolute Gasteiger partial charge is 0.434 e. The number of nitrogens with zero attached hydrogens (tertiary/aromatic N) is 5. The SMILES string of the molecule is Cc1cc(C(C)Nc2ccc(Cl)nc2C=O)c2nc(N3CCC(C)(F)C3)n3cc(C(F)(F)F)nc3c2c1. The van der Waals surface area contributed by atoms with E-state index in [9.17, 15) is 22.4 Å². The Morgan fingerprint density at radius 3 is 2.62 bits per heavy atom. The van der Waals surface area contributed by atoms with E-state index < -0.39 is 23.6 Å². The first-order chi connectivity index (χ1) is 17.4. The summed E-state index contributed by atoms with van der Waals surface area (Å²) in [5.41, 5.74) is -0.0226. The molecule has 37 heavy (non-hydrogen) atoms. The predicted molar refractivity (Wildman–Crippen MR) is 133 cm³/mol. The lowest BCUT2D eigenvalue weighted by Gasteiger charge is -2.23. The molecular weight excluding hydrogens is 512 g/mol. The average molecular weight is 535 g/mol. The quantitative estimate of drug-likeness (QED) is 0.187. The van der Waals surface area contributed by atoms with Gasteiger partial charge in [0, 0.05) is 30.1 Å². The number of anilines is 2. The number of hydrogen-bond acceptors (Lipinski definition) is 6. The number of rotatable bonds is 5. The van der Waals surface area contributed by atoms with Crippen molar-refractivity contribution >= 4 is 46.1 Å². The van der Waals surface area contributed by atoms with Crippen molar-refractivity contribution in [2.24, 2.45) is 0 Å². The summed E-state index contributed by atoms with van der Waals surface area (Å²) in [5, 5.41) is 3.82. The van der Waals surface area contributed by atoms with Crippen molar-refractivity contribution in [1.29, 1.82) is 0 Å². The molecule has 3 aromatic heterocycles. The Labute approximate surface area is 214 Å². The van der Waals surface area contributed by atoms with E-state index in [0.29, 0.717) is 35.0 Å². The van der Waals surface area contributed by atoms with Crippen molar-refractivity contribution in [3.63, 3.8) is 0 Å². The molecule has 2 atom stereocenters. The van der Waals surface area contributed by atoms with Crippen LogP contribution in [0.1, 0.15) is 53.6 Å². The molecule has 0 saturated carbocycles. The molecule has 4 heterocycles. The lowest BCUT2D eigenvalue weighted by Crippen LogP contribution is -2.28. The van der Waals surface area contributed by atoms with Crippen LogP contribution in [0.5, 0.6) is 0 Å². The van der Waals surface area contributed by atoms with Crippen LogP contribution in [0.2, 0.25) is 5.15 Å². The summed E-state index contributed by atoms with van der Waals surface area (Å²) in [6.07, 6.45) is -2.94. The van der Waals surface area contributed by atoms with Gasteiger partial charge < -0.3 is 10.2 Å². The summed E-state index contributed by atoms with van der Waals surface area (Å²) in [6.45, 7) is 5.42. The van der Waals surface area contributed by atoms with Gasteiger partial charge in [0.15, 0.2) is 12.0 Å². The fraction of sp³-hybridized carbons (Fsp3) is 0.360. The summed E-state index contributed by atoms with van der Waals surface area (Å²) < 4.78 is 57.0. The lowest BCUT2D eigenvalue weighted by atomic mass is 10.0. The third-order valence-electron chi connectivity index (χ3n) is 6.50. The first-order valence-electron chi connectivity index (χ1n) is 11.6. The molecule has 2 unspecified atom stereocenters. The maximum absolute atomic E-state index is 14.7. The zero-order chi connectivity index (χ0) is 26.7. The van der Waals surface area contributed by atoms with Crippen LogP contribution in [-0.2, 0) is 6.18 Å². The van der Waals surface area contributed by atoms with Crippen LogP contribution < -0.4 is 10.2 Å². The number of aromatic nitrogens is 4. The van der Waals surface area contributed by atoms with Crippen molar-refractivity contribution in [2.75, 3.05) is 23.3 Å². The number of fused-ring (bicyclic) bond motifs is 3. The highest BCUT2D eigenvalue weighted by Gasteiger charge is 2.38. The number of carbonyl (C=O) groups excluding carboxylic acids is 1. The van der Waals surface area contributed by atoms with Crippen molar-refractivity contribution in [3.05, 3.63) is 58.1 Å². The van der Waals surface area contributed by atoms with Crippen LogP contribution in [0.25, 0.3) is 16.6 Å². The van der Waals surface area contributed by atoms with E-state index in [1.165, 1.54) is 11.3 Å². The molecule has 1 aromatic carbocycles. The Bertz CT molecular complexity index is 1530. The van der Waals surface area contributed by atoms with E-state index in [2.05, 4.69) is 15.3 Å². The van der Waals surface area contributed by atoms with Crippen LogP contribution in [0, 0.1) is 6.92 Å². The minimum absolute atomic E-state index is 0.00568. The lowest BCUT2D eigenvalue weighted by molar-refractivity contribution is -0.140. The fourth-order valence-corrected chi connectivity index (χ4v) is 4.89. The first-order valence-corrected chi connectivity index (χ1v) is 12.0. The van der Waals surface area contributed by atoms with E-state index in [4.69, 9.17) is 16.6 Å². The van der Waals surface area contributed by atoms with Gasteiger partial charge in [-0.15, -0.1) is 0 Å². The highest BCUT2D eigenvalue weighted by atomic mass is 35.5. The van der Waals surface area contributed by atoms with Gasteiger partial charge in [-0.1, -0.05) is 17.7 Å². The number of imidazole rings is 1. The van der Waals surface area contributed by atoms with Crippen LogP contribution >= 0.6 is 11.6 Å². The Morgan fingerprint density at radius 2 is 1.97 bits per heavy atom. The summed E-state index contributed by atoms with van der Waals surface area (Å²) in [4.78, 5) is 25.9. The Kier molecular flexibility index (Phi) is 6.01. The third kappa shape index (κ3) is 4.68. The van der Waals surface area contributed by atoms with Crippen molar-refractivity contribution in [2.45, 2.75) is 45.1 Å². The standard InChI is InChI=1S/C25H23ClF4N6O/c1-13-8-15(14(2)31-17-4-5-20(26)32-18(17)11-37)21-16(9-13)22-33-19(25(28,29)30)10-36(22)23(34-21)35-7-6-24(3,27)12-35/h4-5,8-11,14,31H,6-7,12H2,1-3H3. The minimum atomic E-state index is -4.66. The second-order valence-corrected chi connectivity index (χ2v) is 10.0. The monoisotopic (exact) mass is 534 g/mol. The summed E-state index contributed by atoms with van der Waals surface area (Å²) in [5.74, 6) is 0.186. The molecule has 5 rings (SSSR count). The highest BCUT2D eigenvalue weighted by molar-refractivity contribution is 6.29. The molecule has 0 amide bonds. The number of carbonyl (C=O) groups is 1. The topological polar surface area (TPSA) is 75.4 Å². The molecule has 4 aromatic rings. The molecule has 7 nitrogen and oxygen atoms in total. The first kappa shape index (κ1) is 25.2. The smallest absolute Gasteiger partial charge is 0.377 e. The second-order valence-electron chi connectivity index (χ2n) is 9.62. The fourth-order valence-electron chi connectivity index (χ4n) is 4.74. The van der Waals surface area contributed by atoms with Crippen LogP contribution in [0.15, 0.2) is 30.5 Å². The maximum Gasteiger partial charge on any atom is 0.434 e. The second kappa shape index (κ2) is 8.83. The summed E-state index contributed by atoms with van der Waals surface area (Å²) in [7, 11) is 0. The highest BCUT2D eigenvalue weighted by Crippen LogP contribution is 2.37. The Morgan fingerprint density at radius 1 is 1.22 bits per heavy atom. The van der Waals surface area contributed by atoms with E-state index in [-0.39, 0.29) is 35.4 Å². The molecular formula is C25H23ClF4N6O. The molecule has 1 saturated heterocycles. The normalized spacial score (nSPS) is 19.1. The zero-order valence-electron chi connectivity index (χ0n) is 20.2. The van der Waals surface area contributed by atoms with Crippen molar-refractivity contribution in [1.82, 2.24) is 19.4 Å². The molecule has 0 aliphatic carbocycles. The van der Waals surface area contributed by atoms with E-state index in [1.807, 2.05) is 19.9 Å². The molecule has 1 aliphatic rings. The molecule has 194 valence electrons. The predicted octanol–water partition coefficient (Wildman–Crippen LogP) is 6.18. The number of halogens is 5. The number of aldehydes is 1. The molecule has 12 heteroatoms. The minimum Gasteiger partial charge on any atom is -0.377 e. The van der Waals surface area contributed by atoms with E-state index in [0.717, 1.165) is 11.8 Å². The average Bonchev–Trinajstić information content (AvgIpc) is 3.43. The molecule has 0 spiro atoms. The van der Waals surface area contributed by atoms with Crippen molar-refractivity contribution in [3.8, 4) is 0 Å². The number of hydrogen-bond donors (Lipinski definition) is 1. The number of aryl methyl sites for hydroxylation is 1. The van der Waals surface area contributed by atoms with Crippen LogP contribution in [-0.4, -0.2) is 44.4 Å². The van der Waals surface area contributed by atoms with Gasteiger partial charge in [-0.05, 0) is 44.5 Å². The number of benzene rings is 1. The van der Waals surface area contributed by atoms with Gasteiger partial charge in [0.1, 0.15) is 22.2 Å². The van der Waals surface area contributed by atoms with Gasteiger partial charge in [-0.2, -0.15) is 13.2 Å². The van der Waals surface area contributed by atoms with Gasteiger partial charge in [-0.3, -0.25) is 9.20 Å². The molecule has 1 aliphatic heterocycles. The van der Waals surface area contributed by atoms with Gasteiger partial charge in [0.25, 0.3) is 0 Å². The van der Waals surface area contributed by atoms with Gasteiger partial charge >= 0.3 is 6.18 Å². The van der Waals surface area contributed by atoms with E-state index >= 15 is 0 Å². The van der Waals surface area contributed by atoms with Gasteiger partial charge in [0.2, 0.25) is 5.95 Å². The summed E-state index contributed by atoms with van der Waals surface area (Å²) in [6, 6.07) is 6.33. The van der Waals surface area contributed by atoms with Crippen molar-refractivity contribution < 1.29 is 22.4 Å². The molecule has 0 radical (unpaired) electrons. The van der Waals surface area contributed by atoms with Gasteiger partial charge in [0.05, 0.1) is 23.8 Å². The maximum atomic E-state index is 14.7. The van der Waals surface area contributed by atoms with Gasteiger partial charge in [-0.25, -0.2) is 19.3 Å². The van der Waals surface area contributed by atoms with E-state index in [1.54, 1.807) is 23.1 Å². The third-order valence-corrected chi connectivity index (χ3v) is 6.71. The van der Waals surface area contributed by atoms with Crippen LogP contribution in [0.4, 0.5) is 29.2 Å². The van der Waals surface area contributed by atoms with Crippen LogP contribution in [0.3, 0.4) is 0 Å². The Hall–Kier alpha value is -3.47. The number of alkyl halides is 4. The molecule has 0 bridgehead atoms. The summed E-state index contributed by atoms with van der Waals surface area (Å²) >= 11 is 5.91. The molecule has 1 fully saturated rings.